The minimum atomic E-state index is -0.689. The van der Waals surface area contributed by atoms with Crippen LogP contribution in [0, 0.1) is 22.0 Å². The average molecular weight is 329 g/mol. The number of nitro benzene ring substituents is 1. The van der Waals surface area contributed by atoms with E-state index in [1.165, 1.54) is 12.1 Å². The number of hydrogen-bond acceptors (Lipinski definition) is 6. The third-order valence-corrected chi connectivity index (χ3v) is 4.33. The van der Waals surface area contributed by atoms with E-state index >= 15 is 0 Å². The quantitative estimate of drug-likeness (QED) is 0.629. The van der Waals surface area contributed by atoms with Gasteiger partial charge in [-0.3, -0.25) is 19.7 Å². The third-order valence-electron chi connectivity index (χ3n) is 4.33. The van der Waals surface area contributed by atoms with E-state index in [9.17, 15) is 19.7 Å². The van der Waals surface area contributed by atoms with Gasteiger partial charge in [0.05, 0.1) is 16.8 Å². The van der Waals surface area contributed by atoms with Crippen LogP contribution in [0.1, 0.15) is 25.3 Å². The van der Waals surface area contributed by atoms with Crippen LogP contribution >= 0.6 is 0 Å². The van der Waals surface area contributed by atoms with Gasteiger partial charge in [-0.2, -0.15) is 10.2 Å². The van der Waals surface area contributed by atoms with Crippen LogP contribution < -0.4 is 10.9 Å². The van der Waals surface area contributed by atoms with Gasteiger partial charge in [-0.25, -0.2) is 10.9 Å². The number of hydrogen-bond donors (Lipinski definition) is 2. The van der Waals surface area contributed by atoms with Crippen molar-refractivity contribution in [1.29, 1.82) is 0 Å². The zero-order valence-corrected chi connectivity index (χ0v) is 13.0. The Labute approximate surface area is 137 Å². The van der Waals surface area contributed by atoms with E-state index in [1.807, 2.05) is 0 Å². The molecule has 2 aliphatic heterocycles. The molecule has 0 saturated heterocycles. The first-order valence-electron chi connectivity index (χ1n) is 7.32. The van der Waals surface area contributed by atoms with Crippen molar-refractivity contribution in [3.05, 3.63) is 39.9 Å². The Morgan fingerprint density at radius 2 is 1.62 bits per heavy atom. The molecular formula is C15H15N5O4. The summed E-state index contributed by atoms with van der Waals surface area (Å²) in [5.74, 6) is -2.67. The SMILES string of the molecule is CC1=NNC(=O)[C@H]1C(c1cccc([N+](=O)[O-])c1)[C@@H]1C(=O)NN=C1C. The molecule has 2 heterocycles. The van der Waals surface area contributed by atoms with E-state index in [4.69, 9.17) is 0 Å². The van der Waals surface area contributed by atoms with Crippen molar-refractivity contribution in [3.63, 3.8) is 0 Å². The Morgan fingerprint density at radius 3 is 2.04 bits per heavy atom. The van der Waals surface area contributed by atoms with Crippen LogP contribution in [0.25, 0.3) is 0 Å². The van der Waals surface area contributed by atoms with Crippen molar-refractivity contribution in [2.24, 2.45) is 22.0 Å². The Kier molecular flexibility index (Phi) is 3.84. The molecule has 2 amide bonds. The first kappa shape index (κ1) is 15.8. The van der Waals surface area contributed by atoms with Crippen LogP contribution in [-0.4, -0.2) is 28.2 Å². The van der Waals surface area contributed by atoms with Crippen LogP contribution in [-0.2, 0) is 9.59 Å². The lowest BCUT2D eigenvalue weighted by molar-refractivity contribution is -0.384. The summed E-state index contributed by atoms with van der Waals surface area (Å²) in [5, 5.41) is 18.9. The monoisotopic (exact) mass is 329 g/mol. The summed E-state index contributed by atoms with van der Waals surface area (Å²) >= 11 is 0. The second-order valence-electron chi connectivity index (χ2n) is 5.79. The first-order valence-corrected chi connectivity index (χ1v) is 7.32. The van der Waals surface area contributed by atoms with Gasteiger partial charge in [0.2, 0.25) is 11.8 Å². The minimum absolute atomic E-state index is 0.0986. The fraction of sp³-hybridized carbons (Fsp3) is 0.333. The van der Waals surface area contributed by atoms with Crippen LogP contribution in [0.15, 0.2) is 34.5 Å². The number of nitrogens with one attached hydrogen (secondary N) is 2. The lowest BCUT2D eigenvalue weighted by Crippen LogP contribution is -2.38. The number of amides is 2. The van der Waals surface area contributed by atoms with Crippen molar-refractivity contribution < 1.29 is 14.5 Å². The Bertz CT molecular complexity index is 763. The van der Waals surface area contributed by atoms with Crippen LogP contribution in [0.4, 0.5) is 5.69 Å². The summed E-state index contributed by atoms with van der Waals surface area (Å²) in [5.41, 5.74) is 6.30. The highest BCUT2D eigenvalue weighted by Crippen LogP contribution is 2.38. The van der Waals surface area contributed by atoms with Crippen molar-refractivity contribution in [1.82, 2.24) is 10.9 Å². The molecule has 124 valence electrons. The molecule has 1 aromatic carbocycles. The summed E-state index contributed by atoms with van der Waals surface area (Å²) in [6.07, 6.45) is 0. The number of rotatable bonds is 4. The van der Waals surface area contributed by atoms with Crippen molar-refractivity contribution >= 4 is 28.9 Å². The smallest absolute Gasteiger partial charge is 0.269 e. The van der Waals surface area contributed by atoms with Gasteiger partial charge < -0.3 is 0 Å². The topological polar surface area (TPSA) is 126 Å². The van der Waals surface area contributed by atoms with Gasteiger partial charge in [-0.05, 0) is 19.4 Å². The molecule has 0 aliphatic carbocycles. The number of hydrazone groups is 2. The highest BCUT2D eigenvalue weighted by Gasteiger charge is 2.46. The predicted molar refractivity (Wildman–Crippen MR) is 85.3 cm³/mol. The lowest BCUT2D eigenvalue weighted by atomic mass is 9.73. The van der Waals surface area contributed by atoms with Crippen molar-refractivity contribution in [2.45, 2.75) is 19.8 Å². The average Bonchev–Trinajstić information content (AvgIpc) is 3.05. The van der Waals surface area contributed by atoms with Gasteiger partial charge in [0, 0.05) is 29.5 Å². The summed E-state index contributed by atoms with van der Waals surface area (Å²) in [4.78, 5) is 35.1. The van der Waals surface area contributed by atoms with Crippen LogP contribution in [0.5, 0.6) is 0 Å². The molecule has 0 aromatic heterocycles. The molecule has 2 N–H and O–H groups in total. The number of non-ortho nitro benzene ring substituents is 1. The molecule has 9 heteroatoms. The van der Waals surface area contributed by atoms with E-state index in [0.29, 0.717) is 17.0 Å². The van der Waals surface area contributed by atoms with E-state index in [1.54, 1.807) is 26.0 Å². The number of benzene rings is 1. The van der Waals surface area contributed by atoms with E-state index in [-0.39, 0.29) is 17.5 Å². The fourth-order valence-electron chi connectivity index (χ4n) is 3.21. The number of carbonyl (C=O) groups excluding carboxylic acids is 2. The van der Waals surface area contributed by atoms with Gasteiger partial charge >= 0.3 is 0 Å². The molecule has 0 radical (unpaired) electrons. The summed E-state index contributed by atoms with van der Waals surface area (Å²) in [6, 6.07) is 5.98. The molecular weight excluding hydrogens is 314 g/mol. The standard InChI is InChI=1S/C15H15N5O4/c1-7-11(14(21)18-16-7)13(12-8(2)17-19-15(12)22)9-4-3-5-10(6-9)20(23)24/h3-6,11-13H,1-2H3,(H,18,21)(H,19,22)/t11-,12-/m1/s1. The predicted octanol–water partition coefficient (Wildman–Crippen LogP) is 0.922. The Balaban J connectivity index is 2.12. The maximum atomic E-state index is 12.3. The normalized spacial score (nSPS) is 23.0. The van der Waals surface area contributed by atoms with Gasteiger partial charge in [-0.1, -0.05) is 12.1 Å². The third kappa shape index (κ3) is 2.53. The molecule has 0 spiro atoms. The highest BCUT2D eigenvalue weighted by molar-refractivity contribution is 6.12. The summed E-state index contributed by atoms with van der Waals surface area (Å²) < 4.78 is 0. The minimum Gasteiger partial charge on any atom is -0.272 e. The number of nitrogens with zero attached hydrogens (tertiary/aromatic N) is 3. The van der Waals surface area contributed by atoms with E-state index < -0.39 is 22.7 Å². The van der Waals surface area contributed by atoms with Gasteiger partial charge in [-0.15, -0.1) is 0 Å². The van der Waals surface area contributed by atoms with Crippen LogP contribution in [0.2, 0.25) is 0 Å². The molecule has 1 aromatic rings. The second kappa shape index (κ2) is 5.84. The first-order chi connectivity index (χ1) is 11.4. The molecule has 0 fully saturated rings. The summed E-state index contributed by atoms with van der Waals surface area (Å²) in [6.45, 7) is 3.37. The highest BCUT2D eigenvalue weighted by atomic mass is 16.6. The molecule has 0 saturated carbocycles. The van der Waals surface area contributed by atoms with Gasteiger partial charge in [0.1, 0.15) is 0 Å². The molecule has 2 aliphatic rings. The maximum absolute atomic E-state index is 12.3. The Morgan fingerprint density at radius 1 is 1.08 bits per heavy atom. The molecule has 9 nitrogen and oxygen atoms in total. The van der Waals surface area contributed by atoms with Gasteiger partial charge in [0.15, 0.2) is 0 Å². The van der Waals surface area contributed by atoms with Gasteiger partial charge in [0.25, 0.3) is 5.69 Å². The van der Waals surface area contributed by atoms with E-state index in [2.05, 4.69) is 21.1 Å². The maximum Gasteiger partial charge on any atom is 0.269 e. The van der Waals surface area contributed by atoms with Crippen molar-refractivity contribution in [3.8, 4) is 0 Å². The largest absolute Gasteiger partial charge is 0.272 e. The molecule has 2 atom stereocenters. The fourth-order valence-corrected chi connectivity index (χ4v) is 3.21. The summed E-state index contributed by atoms with van der Waals surface area (Å²) in [7, 11) is 0. The molecule has 0 unspecified atom stereocenters. The van der Waals surface area contributed by atoms with Crippen LogP contribution in [0.3, 0.4) is 0 Å². The molecule has 0 bridgehead atoms. The Hall–Kier alpha value is -3.10. The van der Waals surface area contributed by atoms with E-state index in [0.717, 1.165) is 0 Å². The number of nitro groups is 1. The zero-order valence-electron chi connectivity index (χ0n) is 13.0. The number of carbonyl (C=O) groups is 2. The molecule has 3 rings (SSSR count). The second-order valence-corrected chi connectivity index (χ2v) is 5.79. The van der Waals surface area contributed by atoms with Crippen molar-refractivity contribution in [2.75, 3.05) is 0 Å². The zero-order chi connectivity index (χ0) is 17.4. The lowest BCUT2D eigenvalue weighted by Gasteiger charge is -2.26. The molecule has 24 heavy (non-hydrogen) atoms.